The third-order valence-electron chi connectivity index (χ3n) is 16.7. The molecular formula is C79H142O17P2. The standard InChI is InChI=1S/C79H142O17P2/c1-5-9-13-17-21-25-29-33-36-40-44-48-52-56-60-64-77(82)90-70-75(96-79(84)66-62-58-54-50-46-42-38-35-31-27-23-19-15-11-7-3)72-94-98(87,88)92-68-73(80)67-91-97(85,86)93-71-74(69-89-76(81)63-59-55-51-47-43-39-32-28-24-20-16-12-8-4)95-78(83)65-61-57-53-49-45-41-37-34-30-26-22-18-14-10-6-2/h26-28,30-38,73-75,80H,5-25,29,39-72H2,1-4H3,(H,85,86)(H,87,88)/b30-26-,31-27-,32-28-,36-33-,37-34-,38-35-/t73-,74-,75-/m1/s1. The first-order valence-electron chi connectivity index (χ1n) is 39.2. The molecule has 0 aromatic rings. The number of esters is 4. The molecule has 0 radical (unpaired) electrons. The van der Waals surface area contributed by atoms with Crippen molar-refractivity contribution in [3.05, 3.63) is 72.9 Å². The molecule has 19 heteroatoms. The Morgan fingerprint density at radius 1 is 0.286 bits per heavy atom. The van der Waals surface area contributed by atoms with Crippen LogP contribution in [0.2, 0.25) is 0 Å². The highest BCUT2D eigenvalue weighted by Gasteiger charge is 2.30. The summed E-state index contributed by atoms with van der Waals surface area (Å²) >= 11 is 0. The van der Waals surface area contributed by atoms with E-state index in [2.05, 4.69) is 101 Å². The Hall–Kier alpha value is -3.50. The van der Waals surface area contributed by atoms with Crippen molar-refractivity contribution >= 4 is 39.5 Å². The fourth-order valence-electron chi connectivity index (χ4n) is 10.6. The number of rotatable bonds is 74. The van der Waals surface area contributed by atoms with E-state index < -0.39 is 97.5 Å². The van der Waals surface area contributed by atoms with Gasteiger partial charge in [0.1, 0.15) is 19.3 Å². The van der Waals surface area contributed by atoms with Gasteiger partial charge in [-0.3, -0.25) is 37.3 Å². The van der Waals surface area contributed by atoms with Crippen LogP contribution < -0.4 is 0 Å². The average Bonchev–Trinajstić information content (AvgIpc) is 1.05. The van der Waals surface area contributed by atoms with Crippen LogP contribution in [0.3, 0.4) is 0 Å². The largest absolute Gasteiger partial charge is 0.472 e. The summed E-state index contributed by atoms with van der Waals surface area (Å²) in [6.07, 6.45) is 71.6. The number of phosphoric acid groups is 2. The van der Waals surface area contributed by atoms with Crippen LogP contribution in [0.15, 0.2) is 72.9 Å². The first-order chi connectivity index (χ1) is 47.7. The molecule has 0 aromatic carbocycles. The molecule has 3 N–H and O–H groups in total. The van der Waals surface area contributed by atoms with E-state index in [0.717, 1.165) is 154 Å². The molecule has 0 fully saturated rings. The van der Waals surface area contributed by atoms with Crippen LogP contribution in [0.5, 0.6) is 0 Å². The number of allylic oxidation sites excluding steroid dienone is 12. The number of unbranched alkanes of at least 4 members (excludes halogenated alkanes) is 38. The second kappa shape index (κ2) is 71.9. The SMILES string of the molecule is CCCCCC/C=C\C=C/CCCCCCCC(=O)O[C@H](COC(=O)CCCCCCC/C=C\CCCCCC)COP(=O)(O)OC[C@@H](O)COP(=O)(O)OC[C@@H](COC(=O)CCCCCCC/C=C\CCCCCCCC)OC(=O)CCCCCCC/C=C\C=C/CCCCCC. The van der Waals surface area contributed by atoms with Gasteiger partial charge in [0.05, 0.1) is 26.4 Å². The van der Waals surface area contributed by atoms with Crippen LogP contribution in [0.25, 0.3) is 0 Å². The molecule has 0 saturated carbocycles. The van der Waals surface area contributed by atoms with E-state index in [1.165, 1.54) is 116 Å². The molecule has 17 nitrogen and oxygen atoms in total. The van der Waals surface area contributed by atoms with Gasteiger partial charge in [0.2, 0.25) is 0 Å². The maximum atomic E-state index is 13.1. The molecule has 0 aliphatic rings. The number of ether oxygens (including phenoxy) is 4. The zero-order valence-corrected chi connectivity index (χ0v) is 64.0. The van der Waals surface area contributed by atoms with Gasteiger partial charge < -0.3 is 33.8 Å². The molecule has 0 aliphatic heterocycles. The van der Waals surface area contributed by atoms with E-state index in [-0.39, 0.29) is 25.7 Å². The van der Waals surface area contributed by atoms with Crippen molar-refractivity contribution in [1.29, 1.82) is 0 Å². The normalized spacial score (nSPS) is 14.3. The Morgan fingerprint density at radius 2 is 0.500 bits per heavy atom. The average molecular weight is 1430 g/mol. The van der Waals surface area contributed by atoms with E-state index in [1.807, 2.05) is 0 Å². The lowest BCUT2D eigenvalue weighted by Crippen LogP contribution is -2.30. The molecular weight excluding hydrogens is 1280 g/mol. The third-order valence-corrected chi connectivity index (χ3v) is 18.6. The number of phosphoric ester groups is 2. The summed E-state index contributed by atoms with van der Waals surface area (Å²) in [5.41, 5.74) is 0. The van der Waals surface area contributed by atoms with Crippen molar-refractivity contribution in [3.8, 4) is 0 Å². The summed E-state index contributed by atoms with van der Waals surface area (Å²) in [6.45, 7) is 4.80. The summed E-state index contributed by atoms with van der Waals surface area (Å²) in [5.74, 6) is -2.21. The molecule has 0 saturated heterocycles. The fourth-order valence-corrected chi connectivity index (χ4v) is 12.2. The second-order valence-corrected chi connectivity index (χ2v) is 29.3. The van der Waals surface area contributed by atoms with Gasteiger partial charge in [0.25, 0.3) is 0 Å². The summed E-state index contributed by atoms with van der Waals surface area (Å²) < 4.78 is 68.5. The first-order valence-corrected chi connectivity index (χ1v) is 42.2. The number of carbonyl (C=O) groups excluding carboxylic acids is 4. The Kier molecular flexibility index (Phi) is 69.3. The van der Waals surface area contributed by atoms with Crippen molar-refractivity contribution < 1.29 is 80.2 Å². The Labute approximate surface area is 596 Å². The van der Waals surface area contributed by atoms with Gasteiger partial charge in [-0.2, -0.15) is 0 Å². The molecule has 0 amide bonds. The van der Waals surface area contributed by atoms with Gasteiger partial charge in [-0.05, 0) is 128 Å². The third kappa shape index (κ3) is 70.9. The van der Waals surface area contributed by atoms with Gasteiger partial charge in [-0.15, -0.1) is 0 Å². The summed E-state index contributed by atoms with van der Waals surface area (Å²) in [7, 11) is -9.95. The predicted octanol–water partition coefficient (Wildman–Crippen LogP) is 22.4. The topological polar surface area (TPSA) is 237 Å². The molecule has 0 spiro atoms. The highest BCUT2D eigenvalue weighted by Crippen LogP contribution is 2.45. The zero-order valence-electron chi connectivity index (χ0n) is 62.2. The molecule has 0 bridgehead atoms. The number of carbonyl (C=O) groups is 4. The van der Waals surface area contributed by atoms with E-state index >= 15 is 0 Å². The summed E-state index contributed by atoms with van der Waals surface area (Å²) in [6, 6.07) is 0. The van der Waals surface area contributed by atoms with Gasteiger partial charge in [0.15, 0.2) is 12.2 Å². The van der Waals surface area contributed by atoms with Crippen molar-refractivity contribution in [2.75, 3.05) is 39.6 Å². The monoisotopic (exact) mass is 1420 g/mol. The lowest BCUT2D eigenvalue weighted by Gasteiger charge is -2.21. The number of aliphatic hydroxyl groups is 1. The molecule has 98 heavy (non-hydrogen) atoms. The second-order valence-electron chi connectivity index (χ2n) is 26.3. The number of hydrogen-bond acceptors (Lipinski definition) is 15. The number of hydrogen-bond donors (Lipinski definition) is 3. The van der Waals surface area contributed by atoms with Crippen LogP contribution in [-0.2, 0) is 65.4 Å². The predicted molar refractivity (Wildman–Crippen MR) is 400 cm³/mol. The van der Waals surface area contributed by atoms with Crippen LogP contribution >= 0.6 is 15.6 Å². The zero-order chi connectivity index (χ0) is 71.8. The maximum Gasteiger partial charge on any atom is 0.472 e. The lowest BCUT2D eigenvalue weighted by atomic mass is 10.1. The number of aliphatic hydroxyl groups excluding tert-OH is 1. The lowest BCUT2D eigenvalue weighted by molar-refractivity contribution is -0.161. The highest BCUT2D eigenvalue weighted by atomic mass is 31.2. The molecule has 0 aromatic heterocycles. The Balaban J connectivity index is 5.37. The first kappa shape index (κ1) is 94.5. The molecule has 2 unspecified atom stereocenters. The van der Waals surface area contributed by atoms with Crippen LogP contribution in [0.4, 0.5) is 0 Å². The van der Waals surface area contributed by atoms with Crippen molar-refractivity contribution in [2.45, 2.75) is 367 Å². The Morgan fingerprint density at radius 3 is 0.776 bits per heavy atom. The molecule has 5 atom stereocenters. The van der Waals surface area contributed by atoms with Crippen LogP contribution in [0.1, 0.15) is 349 Å². The minimum Gasteiger partial charge on any atom is -0.462 e. The summed E-state index contributed by atoms with van der Waals surface area (Å²) in [4.78, 5) is 72.9. The quantitative estimate of drug-likeness (QED) is 0.0128. The summed E-state index contributed by atoms with van der Waals surface area (Å²) in [5, 5.41) is 10.6. The van der Waals surface area contributed by atoms with E-state index in [9.17, 15) is 43.2 Å². The van der Waals surface area contributed by atoms with E-state index in [1.54, 1.807) is 0 Å². The molecule has 0 rings (SSSR count). The minimum atomic E-state index is -4.98. The smallest absolute Gasteiger partial charge is 0.462 e. The van der Waals surface area contributed by atoms with Crippen LogP contribution in [-0.4, -0.2) is 96.7 Å². The van der Waals surface area contributed by atoms with E-state index in [4.69, 9.17) is 37.0 Å². The fraction of sp³-hybridized carbons (Fsp3) is 0.797. The van der Waals surface area contributed by atoms with Gasteiger partial charge in [0, 0.05) is 25.7 Å². The minimum absolute atomic E-state index is 0.0779. The van der Waals surface area contributed by atoms with Gasteiger partial charge >= 0.3 is 39.5 Å². The van der Waals surface area contributed by atoms with Crippen molar-refractivity contribution in [2.24, 2.45) is 0 Å². The molecule has 570 valence electrons. The van der Waals surface area contributed by atoms with Crippen molar-refractivity contribution in [1.82, 2.24) is 0 Å². The van der Waals surface area contributed by atoms with Crippen LogP contribution in [0, 0.1) is 0 Å². The van der Waals surface area contributed by atoms with Gasteiger partial charge in [-0.1, -0.05) is 268 Å². The molecule has 0 heterocycles. The van der Waals surface area contributed by atoms with E-state index in [0.29, 0.717) is 25.7 Å². The highest BCUT2D eigenvalue weighted by molar-refractivity contribution is 7.47. The molecule has 0 aliphatic carbocycles. The Bertz CT molecular complexity index is 2140. The van der Waals surface area contributed by atoms with Gasteiger partial charge in [-0.25, -0.2) is 9.13 Å². The maximum absolute atomic E-state index is 13.1. The van der Waals surface area contributed by atoms with Crippen molar-refractivity contribution in [3.63, 3.8) is 0 Å².